The molecule has 5 nitrogen and oxygen atoms in total. The van der Waals surface area contributed by atoms with Crippen LogP contribution in [-0.2, 0) is 11.3 Å². The Labute approximate surface area is 165 Å². The highest BCUT2D eigenvalue weighted by molar-refractivity contribution is 6.45. The average Bonchev–Trinajstić information content (AvgIpc) is 2.64. The van der Waals surface area contributed by atoms with Gasteiger partial charge in [0.2, 0.25) is 0 Å². The number of aliphatic imine (C=N–C) groups is 1. The lowest BCUT2D eigenvalue weighted by atomic mass is 10.1. The summed E-state index contributed by atoms with van der Waals surface area (Å²) in [6, 6.07) is 5.42. The first-order chi connectivity index (χ1) is 12.3. The van der Waals surface area contributed by atoms with E-state index in [-0.39, 0.29) is 5.91 Å². The van der Waals surface area contributed by atoms with Gasteiger partial charge in [-0.15, -0.1) is 0 Å². The molecule has 1 amide bonds. The summed E-state index contributed by atoms with van der Waals surface area (Å²) in [7, 11) is 0. The largest absolute Gasteiger partial charge is 0.404 e. The van der Waals surface area contributed by atoms with Gasteiger partial charge in [0.25, 0.3) is 5.91 Å². The van der Waals surface area contributed by atoms with Crippen LogP contribution in [0.3, 0.4) is 0 Å². The molecule has 0 fully saturated rings. The Hall–Kier alpha value is -1.98. The molecule has 1 aromatic rings. The van der Waals surface area contributed by atoms with Gasteiger partial charge in [-0.2, -0.15) is 0 Å². The van der Waals surface area contributed by atoms with Gasteiger partial charge in [-0.3, -0.25) is 9.79 Å². The van der Waals surface area contributed by atoms with Crippen molar-refractivity contribution in [3.05, 3.63) is 57.0 Å². The lowest BCUT2D eigenvalue weighted by molar-refractivity contribution is -0.114. The normalized spacial score (nSPS) is 13.3. The number of allylic oxidation sites excluding steroid dienone is 1. The minimum atomic E-state index is -0.296. The number of nitrogens with one attached hydrogen (secondary N) is 2. The zero-order chi connectivity index (χ0) is 19.7. The Morgan fingerprint density at radius 3 is 2.46 bits per heavy atom. The second kappa shape index (κ2) is 10.9. The minimum Gasteiger partial charge on any atom is -0.404 e. The molecule has 0 aromatic heterocycles. The molecule has 0 saturated heterocycles. The monoisotopic (exact) mass is 396 g/mol. The van der Waals surface area contributed by atoms with E-state index in [1.165, 1.54) is 6.20 Å². The van der Waals surface area contributed by atoms with Crippen molar-refractivity contribution < 1.29 is 4.79 Å². The van der Waals surface area contributed by atoms with E-state index in [1.807, 2.05) is 26.8 Å². The van der Waals surface area contributed by atoms with Crippen molar-refractivity contribution >= 4 is 34.8 Å². The zero-order valence-corrected chi connectivity index (χ0v) is 17.1. The first-order valence-electron chi connectivity index (χ1n) is 8.46. The number of amides is 1. The molecule has 1 rings (SSSR count). The molecule has 142 valence electrons. The molecule has 1 aromatic carbocycles. The fourth-order valence-corrected chi connectivity index (χ4v) is 2.42. The van der Waals surface area contributed by atoms with Crippen LogP contribution in [0.5, 0.6) is 0 Å². The number of rotatable bonds is 8. The van der Waals surface area contributed by atoms with Crippen molar-refractivity contribution in [1.29, 1.82) is 0 Å². The van der Waals surface area contributed by atoms with Gasteiger partial charge in [-0.05, 0) is 62.2 Å². The van der Waals surface area contributed by atoms with Crippen LogP contribution in [0.1, 0.15) is 39.7 Å². The highest BCUT2D eigenvalue weighted by Gasteiger charge is 2.15. The van der Waals surface area contributed by atoms with Crippen LogP contribution in [0.15, 0.2) is 46.4 Å². The number of nitrogens with two attached hydrogens (primary N) is 1. The number of benzene rings is 1. The van der Waals surface area contributed by atoms with Crippen LogP contribution in [0.25, 0.3) is 0 Å². The number of halogens is 2. The van der Waals surface area contributed by atoms with Crippen LogP contribution in [0.2, 0.25) is 10.0 Å². The topological polar surface area (TPSA) is 79.5 Å². The van der Waals surface area contributed by atoms with Gasteiger partial charge >= 0.3 is 0 Å². The molecule has 0 spiro atoms. The first-order valence-corrected chi connectivity index (χ1v) is 9.21. The smallest absolute Gasteiger partial charge is 0.275 e. The molecule has 26 heavy (non-hydrogen) atoms. The fourth-order valence-electron chi connectivity index (χ4n) is 2.10. The van der Waals surface area contributed by atoms with E-state index in [1.54, 1.807) is 19.1 Å². The minimum absolute atomic E-state index is 0.296. The number of hydrogen-bond acceptors (Lipinski definition) is 4. The predicted molar refractivity (Wildman–Crippen MR) is 110 cm³/mol. The Morgan fingerprint density at radius 2 is 1.92 bits per heavy atom. The van der Waals surface area contributed by atoms with Crippen LogP contribution >= 0.6 is 23.2 Å². The van der Waals surface area contributed by atoms with Crippen molar-refractivity contribution in [2.75, 3.05) is 6.54 Å². The van der Waals surface area contributed by atoms with Gasteiger partial charge in [0, 0.05) is 13.1 Å². The molecule has 0 atom stereocenters. The summed E-state index contributed by atoms with van der Waals surface area (Å²) in [6.07, 6.45) is 2.17. The maximum atomic E-state index is 12.6. The van der Waals surface area contributed by atoms with Crippen LogP contribution < -0.4 is 16.4 Å². The van der Waals surface area contributed by atoms with Crippen molar-refractivity contribution in [1.82, 2.24) is 10.6 Å². The quantitative estimate of drug-likeness (QED) is 0.576. The number of carbonyl (C=O) groups is 1. The Balaban J connectivity index is 2.96. The number of hydrogen-bond donors (Lipinski definition) is 3. The van der Waals surface area contributed by atoms with E-state index in [4.69, 9.17) is 28.9 Å². The van der Waals surface area contributed by atoms with E-state index in [0.29, 0.717) is 40.2 Å². The average molecular weight is 397 g/mol. The molecular formula is C19H26Cl2N4O. The molecule has 0 unspecified atom stereocenters. The number of nitrogens with zero attached hydrogens (tertiary/aromatic N) is 1. The van der Waals surface area contributed by atoms with Crippen LogP contribution in [-0.4, -0.2) is 18.2 Å². The van der Waals surface area contributed by atoms with E-state index >= 15 is 0 Å². The van der Waals surface area contributed by atoms with Crippen LogP contribution in [0.4, 0.5) is 0 Å². The summed E-state index contributed by atoms with van der Waals surface area (Å²) in [5, 5.41) is 7.17. The van der Waals surface area contributed by atoms with Gasteiger partial charge in [0.05, 0.1) is 10.0 Å². The zero-order valence-electron chi connectivity index (χ0n) is 15.6. The van der Waals surface area contributed by atoms with E-state index in [0.717, 1.165) is 17.6 Å². The van der Waals surface area contributed by atoms with Gasteiger partial charge < -0.3 is 16.4 Å². The van der Waals surface area contributed by atoms with Crippen molar-refractivity contribution in [3.63, 3.8) is 0 Å². The van der Waals surface area contributed by atoms with Gasteiger partial charge in [0.15, 0.2) is 0 Å². The Bertz CT molecular complexity index is 739. The molecule has 0 saturated carbocycles. The molecule has 0 aliphatic carbocycles. The third-order valence-corrected chi connectivity index (χ3v) is 4.54. The molecule has 7 heteroatoms. The van der Waals surface area contributed by atoms with Crippen LogP contribution in [0, 0.1) is 0 Å². The van der Waals surface area contributed by atoms with E-state index in [2.05, 4.69) is 15.6 Å². The lowest BCUT2D eigenvalue weighted by Crippen LogP contribution is -2.37. The first kappa shape index (κ1) is 22.1. The van der Waals surface area contributed by atoms with E-state index < -0.39 is 0 Å². The molecule has 0 heterocycles. The Morgan fingerprint density at radius 1 is 1.23 bits per heavy atom. The maximum absolute atomic E-state index is 12.6. The summed E-state index contributed by atoms with van der Waals surface area (Å²) in [5.74, 6) is 0.354. The van der Waals surface area contributed by atoms with Gasteiger partial charge in [-0.25, -0.2) is 0 Å². The van der Waals surface area contributed by atoms with Crippen molar-refractivity contribution in [2.45, 2.75) is 40.7 Å². The van der Waals surface area contributed by atoms with Crippen molar-refractivity contribution in [3.8, 4) is 0 Å². The SMILES string of the molecule is CCN=C(C(=O)NC(NCc1ccc(Cl)c(Cl)c1)=C(C)CC)/C(C)=C\N. The molecule has 0 aliphatic heterocycles. The summed E-state index contributed by atoms with van der Waals surface area (Å²) in [5.41, 5.74) is 8.47. The van der Waals surface area contributed by atoms with E-state index in [9.17, 15) is 4.79 Å². The Kier molecular flexibility index (Phi) is 9.24. The molecule has 0 radical (unpaired) electrons. The second-order valence-corrected chi connectivity index (χ2v) is 6.55. The fraction of sp³-hybridized carbons (Fsp3) is 0.368. The maximum Gasteiger partial charge on any atom is 0.275 e. The molecule has 0 bridgehead atoms. The van der Waals surface area contributed by atoms with Crippen molar-refractivity contribution in [2.24, 2.45) is 10.7 Å². The molecular weight excluding hydrogens is 371 g/mol. The van der Waals surface area contributed by atoms with Gasteiger partial charge in [0.1, 0.15) is 11.5 Å². The second-order valence-electron chi connectivity index (χ2n) is 5.74. The molecule has 4 N–H and O–H groups in total. The summed E-state index contributed by atoms with van der Waals surface area (Å²) >= 11 is 12.0. The summed E-state index contributed by atoms with van der Waals surface area (Å²) in [4.78, 5) is 16.9. The highest BCUT2D eigenvalue weighted by Crippen LogP contribution is 2.22. The third-order valence-electron chi connectivity index (χ3n) is 3.80. The standard InChI is InChI=1S/C19H26Cl2N4O/c1-5-12(3)18(24-11-14-7-8-15(20)16(21)9-14)25-19(26)17(23-6-2)13(4)10-22/h7-10,24H,5-6,11,22H2,1-4H3,(H,25,26)/b13-10-,18-12?,23-17?. The summed E-state index contributed by atoms with van der Waals surface area (Å²) in [6.45, 7) is 8.60. The van der Waals surface area contributed by atoms with Gasteiger partial charge in [-0.1, -0.05) is 36.2 Å². The molecule has 0 aliphatic rings. The number of carbonyl (C=O) groups excluding carboxylic acids is 1. The third kappa shape index (κ3) is 6.39. The highest BCUT2D eigenvalue weighted by atomic mass is 35.5. The lowest BCUT2D eigenvalue weighted by Gasteiger charge is -2.17. The summed E-state index contributed by atoms with van der Waals surface area (Å²) < 4.78 is 0. The predicted octanol–water partition coefficient (Wildman–Crippen LogP) is 4.16.